The summed E-state index contributed by atoms with van der Waals surface area (Å²) in [5, 5.41) is 0.811. The van der Waals surface area contributed by atoms with E-state index in [2.05, 4.69) is 108 Å². The van der Waals surface area contributed by atoms with Crippen molar-refractivity contribution >= 4 is 24.6 Å². The van der Waals surface area contributed by atoms with Gasteiger partial charge in [-0.25, -0.2) is 0 Å². The smallest absolute Gasteiger partial charge is 0.188 e. The molecule has 0 aliphatic rings. The number of nitrogens with one attached hydrogen (secondary N) is 2. The van der Waals surface area contributed by atoms with Crippen molar-refractivity contribution in [2.75, 3.05) is 5.79 Å². The minimum atomic E-state index is -1.63. The molecular formula is C20H41N2PSi2. The molecule has 0 heterocycles. The predicted molar refractivity (Wildman–Crippen MR) is 123 cm³/mol. The van der Waals surface area contributed by atoms with E-state index >= 15 is 0 Å². The second-order valence-electron chi connectivity index (χ2n) is 10.4. The first-order valence-corrected chi connectivity index (χ1v) is 17.2. The molecular weight excluding hydrogens is 355 g/mol. The van der Waals surface area contributed by atoms with E-state index in [-0.39, 0.29) is 7.92 Å². The third-order valence-corrected chi connectivity index (χ3v) is 18.3. The normalized spacial score (nSPS) is 14.2. The Kier molecular flexibility index (Phi) is 7.70. The van der Waals surface area contributed by atoms with Gasteiger partial charge in [-0.05, 0) is 34.8 Å². The van der Waals surface area contributed by atoms with Crippen LogP contribution >= 0.6 is 7.92 Å². The maximum Gasteiger partial charge on any atom is 0.188 e. The average molecular weight is 397 g/mol. The Labute approximate surface area is 160 Å². The molecule has 0 amide bonds. The van der Waals surface area contributed by atoms with Gasteiger partial charge in [-0.3, -0.25) is 0 Å². The van der Waals surface area contributed by atoms with E-state index in [9.17, 15) is 0 Å². The second kappa shape index (κ2) is 8.35. The molecule has 0 bridgehead atoms. The number of benzene rings is 1. The van der Waals surface area contributed by atoms with Crippen LogP contribution in [0.4, 0.5) is 0 Å². The molecule has 2 N–H and O–H groups in total. The van der Waals surface area contributed by atoms with Crippen LogP contribution in [0.25, 0.3) is 0 Å². The summed E-state index contributed by atoms with van der Waals surface area (Å²) in [7, 11) is -3.16. The number of rotatable bonds is 7. The molecule has 0 fully saturated rings. The highest BCUT2D eigenvalue weighted by atomic mass is 31.1. The molecule has 25 heavy (non-hydrogen) atoms. The van der Waals surface area contributed by atoms with Crippen LogP contribution in [0, 0.1) is 0 Å². The van der Waals surface area contributed by atoms with Gasteiger partial charge in [0, 0.05) is 6.54 Å². The lowest BCUT2D eigenvalue weighted by Crippen LogP contribution is -2.68. The van der Waals surface area contributed by atoms with Crippen LogP contribution in [0.15, 0.2) is 30.3 Å². The van der Waals surface area contributed by atoms with Crippen molar-refractivity contribution in [1.82, 2.24) is 9.63 Å². The van der Waals surface area contributed by atoms with Crippen LogP contribution < -0.4 is 9.63 Å². The highest BCUT2D eigenvalue weighted by molar-refractivity contribution is 7.63. The van der Waals surface area contributed by atoms with E-state index in [1.807, 2.05) is 0 Å². The molecule has 144 valence electrons. The average Bonchev–Trinajstić information content (AvgIpc) is 2.41. The van der Waals surface area contributed by atoms with Crippen molar-refractivity contribution in [3.63, 3.8) is 0 Å². The van der Waals surface area contributed by atoms with Crippen LogP contribution in [0.3, 0.4) is 0 Å². The Bertz CT molecular complexity index is 517. The van der Waals surface area contributed by atoms with Gasteiger partial charge in [0.2, 0.25) is 0 Å². The maximum atomic E-state index is 4.16. The molecule has 2 nitrogen and oxygen atoms in total. The van der Waals surface area contributed by atoms with Gasteiger partial charge in [-0.15, -0.1) is 0 Å². The van der Waals surface area contributed by atoms with E-state index in [4.69, 9.17) is 0 Å². The van der Waals surface area contributed by atoms with Gasteiger partial charge in [-0.1, -0.05) is 92.9 Å². The van der Waals surface area contributed by atoms with Crippen LogP contribution in [-0.2, 0) is 6.54 Å². The van der Waals surface area contributed by atoms with Crippen LogP contribution in [0.2, 0.25) is 26.2 Å². The molecule has 1 aromatic rings. The quantitative estimate of drug-likeness (QED) is 0.443. The monoisotopic (exact) mass is 396 g/mol. The zero-order valence-electron chi connectivity index (χ0n) is 18.2. The molecule has 1 aromatic carbocycles. The van der Waals surface area contributed by atoms with E-state index in [1.54, 1.807) is 0 Å². The lowest BCUT2D eigenvalue weighted by Gasteiger charge is -2.46. The third-order valence-electron chi connectivity index (χ3n) is 4.40. The Morgan fingerprint density at radius 3 is 1.76 bits per heavy atom. The second-order valence-corrected chi connectivity index (χ2v) is 23.6. The van der Waals surface area contributed by atoms with E-state index < -0.39 is 16.6 Å². The number of hydrogen-bond acceptors (Lipinski definition) is 2. The SMILES string of the molecule is CC(C)(C)P(C[Si](C)(C)N[Si](C)(C)NCc1ccccc1)C(C)(C)C. The van der Waals surface area contributed by atoms with Gasteiger partial charge < -0.3 is 9.63 Å². The molecule has 0 unspecified atom stereocenters. The predicted octanol–water partition coefficient (Wildman–Crippen LogP) is 5.89. The molecule has 1 rings (SSSR count). The molecule has 0 saturated heterocycles. The van der Waals surface area contributed by atoms with Gasteiger partial charge in [0.05, 0.1) is 0 Å². The van der Waals surface area contributed by atoms with Crippen molar-refractivity contribution in [2.45, 2.75) is 84.6 Å². The fourth-order valence-corrected chi connectivity index (χ4v) is 21.5. The van der Waals surface area contributed by atoms with Gasteiger partial charge in [-0.2, -0.15) is 0 Å². The summed E-state index contributed by atoms with van der Waals surface area (Å²) in [6.07, 6.45) is 0. The molecule has 0 saturated carbocycles. The van der Waals surface area contributed by atoms with E-state index in [0.29, 0.717) is 10.3 Å². The Morgan fingerprint density at radius 1 is 0.840 bits per heavy atom. The minimum Gasteiger partial charge on any atom is -0.347 e. The highest BCUT2D eigenvalue weighted by Crippen LogP contribution is 2.59. The molecule has 0 spiro atoms. The summed E-state index contributed by atoms with van der Waals surface area (Å²) >= 11 is 0. The summed E-state index contributed by atoms with van der Waals surface area (Å²) in [6, 6.07) is 10.7. The maximum absolute atomic E-state index is 4.16. The molecule has 0 aliphatic heterocycles. The first-order valence-electron chi connectivity index (χ1n) is 9.48. The summed E-state index contributed by atoms with van der Waals surface area (Å²) in [5.41, 5.74) is 1.37. The molecule has 0 aromatic heterocycles. The largest absolute Gasteiger partial charge is 0.347 e. The first kappa shape index (κ1) is 23.0. The lowest BCUT2D eigenvalue weighted by atomic mass is 10.2. The Morgan fingerprint density at radius 2 is 1.32 bits per heavy atom. The molecule has 5 heteroatoms. The molecule has 0 radical (unpaired) electrons. The fourth-order valence-electron chi connectivity index (χ4n) is 3.72. The summed E-state index contributed by atoms with van der Waals surface area (Å²) < 4.78 is 4.16. The van der Waals surface area contributed by atoms with Crippen molar-refractivity contribution in [3.8, 4) is 0 Å². The van der Waals surface area contributed by atoms with Gasteiger partial charge in [0.1, 0.15) is 8.24 Å². The van der Waals surface area contributed by atoms with Crippen molar-refractivity contribution < 1.29 is 0 Å². The fraction of sp³-hybridized carbons (Fsp3) is 0.700. The van der Waals surface area contributed by atoms with Crippen molar-refractivity contribution in [3.05, 3.63) is 35.9 Å². The topological polar surface area (TPSA) is 24.1 Å². The summed E-state index contributed by atoms with van der Waals surface area (Å²) in [6.45, 7) is 25.5. The Hall–Kier alpha value is 0.00377. The van der Waals surface area contributed by atoms with Crippen molar-refractivity contribution in [1.29, 1.82) is 0 Å². The van der Waals surface area contributed by atoms with Crippen molar-refractivity contribution in [2.24, 2.45) is 0 Å². The highest BCUT2D eigenvalue weighted by Gasteiger charge is 2.41. The standard InChI is InChI=1S/C20H41N2PSi2/c1-19(2,3)23(20(4,5)6)17-24(7,8)22-25(9,10)21-16-18-14-12-11-13-15-18/h11-15,21-22H,16-17H2,1-10H3. The summed E-state index contributed by atoms with van der Waals surface area (Å²) in [5.74, 6) is 1.39. The Balaban J connectivity index is 2.76. The van der Waals surface area contributed by atoms with E-state index in [1.165, 1.54) is 11.3 Å². The number of hydrogen-bond donors (Lipinski definition) is 2. The molecule has 0 atom stereocenters. The third kappa shape index (κ3) is 8.49. The van der Waals surface area contributed by atoms with Crippen LogP contribution in [0.1, 0.15) is 47.1 Å². The van der Waals surface area contributed by atoms with Crippen LogP contribution in [-0.4, -0.2) is 32.7 Å². The molecule has 0 aliphatic carbocycles. The lowest BCUT2D eigenvalue weighted by molar-refractivity contribution is 0.708. The van der Waals surface area contributed by atoms with Gasteiger partial charge in [0.15, 0.2) is 8.40 Å². The minimum absolute atomic E-state index is 0.0432. The van der Waals surface area contributed by atoms with Gasteiger partial charge >= 0.3 is 0 Å². The van der Waals surface area contributed by atoms with Crippen LogP contribution in [0.5, 0.6) is 0 Å². The zero-order valence-corrected chi connectivity index (χ0v) is 21.1. The first-order chi connectivity index (χ1) is 11.1. The van der Waals surface area contributed by atoms with E-state index in [0.717, 1.165) is 6.54 Å². The zero-order chi connectivity index (χ0) is 19.5. The summed E-state index contributed by atoms with van der Waals surface area (Å²) in [4.78, 5) is 3.85. The van der Waals surface area contributed by atoms with Gasteiger partial charge in [0.25, 0.3) is 0 Å².